The fourth-order valence-corrected chi connectivity index (χ4v) is 2.45. The van der Waals surface area contributed by atoms with Crippen molar-refractivity contribution in [3.8, 4) is 0 Å². The predicted molar refractivity (Wildman–Crippen MR) is 86.7 cm³/mol. The third-order valence-corrected chi connectivity index (χ3v) is 3.69. The van der Waals surface area contributed by atoms with Crippen LogP contribution < -0.4 is 10.2 Å². The second-order valence-electron chi connectivity index (χ2n) is 5.86. The first-order valence-corrected chi connectivity index (χ1v) is 7.58. The molecule has 0 spiro atoms. The molecule has 2 rings (SSSR count). The number of anilines is 1. The average Bonchev–Trinajstić information content (AvgIpc) is 2.49. The first kappa shape index (κ1) is 18.0. The van der Waals surface area contributed by atoms with Crippen molar-refractivity contribution in [2.24, 2.45) is 0 Å². The highest BCUT2D eigenvalue weighted by Crippen LogP contribution is 2.30. The van der Waals surface area contributed by atoms with E-state index in [4.69, 9.17) is 0 Å². The number of carbonyl (C=O) groups excluding carboxylic acids is 1. The highest BCUT2D eigenvalue weighted by Gasteiger charge is 2.30. The van der Waals surface area contributed by atoms with Gasteiger partial charge in [-0.05, 0) is 30.7 Å². The van der Waals surface area contributed by atoms with Crippen LogP contribution in [-0.4, -0.2) is 19.5 Å². The number of alkyl halides is 3. The molecule has 1 atom stereocenters. The van der Waals surface area contributed by atoms with E-state index in [0.717, 1.165) is 28.2 Å². The van der Waals surface area contributed by atoms with Crippen LogP contribution in [0.4, 0.5) is 18.9 Å². The number of carbonyl (C=O) groups is 1. The Hall–Kier alpha value is -2.34. The normalized spacial score (nSPS) is 12.7. The van der Waals surface area contributed by atoms with Crippen LogP contribution in [0.2, 0.25) is 0 Å². The minimum Gasteiger partial charge on any atom is -0.326 e. The van der Waals surface area contributed by atoms with Crippen LogP contribution in [0, 0.1) is 6.92 Å². The Balaban J connectivity index is 1.95. The van der Waals surface area contributed by atoms with Crippen LogP contribution >= 0.6 is 0 Å². The second-order valence-corrected chi connectivity index (χ2v) is 5.86. The summed E-state index contributed by atoms with van der Waals surface area (Å²) in [5.41, 5.74) is 1.66. The average molecular weight is 337 g/mol. The molecule has 0 radical (unpaired) electrons. The third kappa shape index (κ3) is 5.09. The van der Waals surface area contributed by atoms with Gasteiger partial charge in [0.15, 0.2) is 6.54 Å². The van der Waals surface area contributed by atoms with Gasteiger partial charge >= 0.3 is 6.18 Å². The summed E-state index contributed by atoms with van der Waals surface area (Å²) in [6.45, 7) is 2.85. The molecular weight excluding hydrogens is 317 g/mol. The van der Waals surface area contributed by atoms with Gasteiger partial charge in [-0.3, -0.25) is 4.79 Å². The summed E-state index contributed by atoms with van der Waals surface area (Å²) in [7, 11) is 1.87. The number of hydrogen-bond donors (Lipinski definition) is 2. The molecule has 0 aliphatic rings. The second kappa shape index (κ2) is 7.49. The molecule has 24 heavy (non-hydrogen) atoms. The van der Waals surface area contributed by atoms with Crippen LogP contribution in [-0.2, 0) is 17.5 Å². The van der Waals surface area contributed by atoms with Crippen LogP contribution in [0.1, 0.15) is 16.7 Å². The molecular formula is C18H20F3N2O+. The Morgan fingerprint density at radius 1 is 1.12 bits per heavy atom. The van der Waals surface area contributed by atoms with Crippen molar-refractivity contribution >= 4 is 11.6 Å². The molecule has 1 amide bonds. The highest BCUT2D eigenvalue weighted by molar-refractivity contribution is 5.91. The molecule has 2 N–H and O–H groups in total. The zero-order valence-electron chi connectivity index (χ0n) is 13.6. The van der Waals surface area contributed by atoms with E-state index in [2.05, 4.69) is 5.32 Å². The lowest BCUT2D eigenvalue weighted by Crippen LogP contribution is -3.08. The van der Waals surface area contributed by atoms with E-state index >= 15 is 0 Å². The van der Waals surface area contributed by atoms with Gasteiger partial charge in [-0.1, -0.05) is 30.3 Å². The maximum Gasteiger partial charge on any atom is 0.416 e. The summed E-state index contributed by atoms with van der Waals surface area (Å²) in [5, 5.41) is 2.53. The molecule has 0 bridgehead atoms. The summed E-state index contributed by atoms with van der Waals surface area (Å²) >= 11 is 0. The van der Waals surface area contributed by atoms with Crippen molar-refractivity contribution in [3.05, 3.63) is 65.2 Å². The summed E-state index contributed by atoms with van der Waals surface area (Å²) < 4.78 is 38.0. The van der Waals surface area contributed by atoms with Gasteiger partial charge < -0.3 is 10.2 Å². The monoisotopic (exact) mass is 337 g/mol. The molecule has 0 fully saturated rings. The standard InChI is InChI=1S/C18H19F3N2O/c1-13-6-3-4-7-14(13)11-23(2)12-17(24)22-16-9-5-8-15(10-16)18(19,20)21/h3-10H,11-12H2,1-2H3,(H,22,24)/p+1. The number of likely N-dealkylation sites (N-methyl/N-ethyl adjacent to an activating group) is 1. The molecule has 0 heterocycles. The van der Waals surface area contributed by atoms with Gasteiger partial charge in [0, 0.05) is 11.3 Å². The summed E-state index contributed by atoms with van der Waals surface area (Å²) in [6.07, 6.45) is -4.42. The Morgan fingerprint density at radius 2 is 1.83 bits per heavy atom. The van der Waals surface area contributed by atoms with E-state index in [1.165, 1.54) is 12.1 Å². The first-order chi connectivity index (χ1) is 11.3. The minimum absolute atomic E-state index is 0.151. The molecule has 3 nitrogen and oxygen atoms in total. The first-order valence-electron chi connectivity index (χ1n) is 7.58. The number of benzene rings is 2. The van der Waals surface area contributed by atoms with E-state index in [-0.39, 0.29) is 18.1 Å². The van der Waals surface area contributed by atoms with Gasteiger partial charge in [0.05, 0.1) is 12.6 Å². The number of halogens is 3. The van der Waals surface area contributed by atoms with Crippen molar-refractivity contribution in [1.82, 2.24) is 0 Å². The SMILES string of the molecule is Cc1ccccc1C[NH+](C)CC(=O)Nc1cccc(C(F)(F)F)c1. The molecule has 0 aliphatic heterocycles. The summed E-state index contributed by atoms with van der Waals surface area (Å²) in [6, 6.07) is 12.5. The van der Waals surface area contributed by atoms with Gasteiger partial charge in [-0.25, -0.2) is 0 Å². The zero-order chi connectivity index (χ0) is 17.7. The fourth-order valence-electron chi connectivity index (χ4n) is 2.45. The molecule has 0 saturated heterocycles. The molecule has 2 aromatic rings. The lowest BCUT2D eigenvalue weighted by Gasteiger charge is -2.15. The van der Waals surface area contributed by atoms with Gasteiger partial charge in [-0.2, -0.15) is 13.2 Å². The van der Waals surface area contributed by atoms with Crippen LogP contribution in [0.25, 0.3) is 0 Å². The van der Waals surface area contributed by atoms with Crippen molar-refractivity contribution in [2.45, 2.75) is 19.6 Å². The molecule has 0 aromatic heterocycles. The van der Waals surface area contributed by atoms with Gasteiger partial charge in [-0.15, -0.1) is 0 Å². The Morgan fingerprint density at radius 3 is 2.50 bits per heavy atom. The van der Waals surface area contributed by atoms with Crippen molar-refractivity contribution in [2.75, 3.05) is 18.9 Å². The lowest BCUT2D eigenvalue weighted by molar-refractivity contribution is -0.885. The fraction of sp³-hybridized carbons (Fsp3) is 0.278. The molecule has 6 heteroatoms. The van der Waals surface area contributed by atoms with E-state index in [1.54, 1.807) is 0 Å². The summed E-state index contributed by atoms with van der Waals surface area (Å²) in [5.74, 6) is -0.319. The maximum atomic E-state index is 12.7. The number of nitrogens with one attached hydrogen (secondary N) is 2. The highest BCUT2D eigenvalue weighted by atomic mass is 19.4. The number of hydrogen-bond acceptors (Lipinski definition) is 1. The maximum absolute atomic E-state index is 12.7. The topological polar surface area (TPSA) is 33.5 Å². The largest absolute Gasteiger partial charge is 0.416 e. The Labute approximate surface area is 139 Å². The number of aryl methyl sites for hydroxylation is 1. The molecule has 0 saturated carbocycles. The minimum atomic E-state index is -4.42. The van der Waals surface area contributed by atoms with E-state index in [9.17, 15) is 18.0 Å². The predicted octanol–water partition coefficient (Wildman–Crippen LogP) is 2.67. The van der Waals surface area contributed by atoms with E-state index in [0.29, 0.717) is 6.54 Å². The van der Waals surface area contributed by atoms with Crippen LogP contribution in [0.3, 0.4) is 0 Å². The van der Waals surface area contributed by atoms with Gasteiger partial charge in [0.1, 0.15) is 6.54 Å². The number of quaternary nitrogens is 1. The van der Waals surface area contributed by atoms with Crippen LogP contribution in [0.15, 0.2) is 48.5 Å². The lowest BCUT2D eigenvalue weighted by atomic mass is 10.1. The third-order valence-electron chi connectivity index (χ3n) is 3.69. The quantitative estimate of drug-likeness (QED) is 0.864. The number of amides is 1. The summed E-state index contributed by atoms with van der Waals surface area (Å²) in [4.78, 5) is 13.0. The smallest absolute Gasteiger partial charge is 0.326 e. The molecule has 0 aliphatic carbocycles. The van der Waals surface area contributed by atoms with E-state index in [1.807, 2.05) is 38.2 Å². The molecule has 2 aromatic carbocycles. The van der Waals surface area contributed by atoms with Gasteiger partial charge in [0.2, 0.25) is 0 Å². The number of rotatable bonds is 5. The molecule has 1 unspecified atom stereocenters. The van der Waals surface area contributed by atoms with Crippen LogP contribution in [0.5, 0.6) is 0 Å². The Bertz CT molecular complexity index is 713. The Kier molecular flexibility index (Phi) is 5.62. The molecule has 128 valence electrons. The zero-order valence-corrected chi connectivity index (χ0v) is 13.6. The van der Waals surface area contributed by atoms with Gasteiger partial charge in [0.25, 0.3) is 5.91 Å². The van der Waals surface area contributed by atoms with Crippen molar-refractivity contribution < 1.29 is 22.9 Å². The van der Waals surface area contributed by atoms with E-state index < -0.39 is 11.7 Å². The van der Waals surface area contributed by atoms with Crippen molar-refractivity contribution in [1.29, 1.82) is 0 Å². The van der Waals surface area contributed by atoms with Crippen molar-refractivity contribution in [3.63, 3.8) is 0 Å².